The lowest BCUT2D eigenvalue weighted by molar-refractivity contribution is -0.123. The number of nitrogens with one attached hydrogen (secondary N) is 1. The number of aliphatic hydroxyl groups excluding tert-OH is 2. The van der Waals surface area contributed by atoms with Gasteiger partial charge in [0.1, 0.15) is 0 Å². The number of carbonyl (C=O) groups is 1. The molecule has 3 N–H and O–H groups in total. The van der Waals surface area contributed by atoms with Gasteiger partial charge in [0.25, 0.3) is 0 Å². The van der Waals surface area contributed by atoms with Gasteiger partial charge >= 0.3 is 0 Å². The molecule has 0 spiro atoms. The van der Waals surface area contributed by atoms with Crippen molar-refractivity contribution in [1.29, 1.82) is 0 Å². The third kappa shape index (κ3) is 60.9. The normalized spacial score (nSPS) is 13.1. The fourth-order valence-electron chi connectivity index (χ4n) is 10.5. The van der Waals surface area contributed by atoms with E-state index in [1.54, 1.807) is 6.08 Å². The molecule has 0 aromatic rings. The smallest absolute Gasteiger partial charge is 0.220 e. The Morgan fingerprint density at radius 3 is 0.892 bits per heavy atom. The van der Waals surface area contributed by atoms with Gasteiger partial charge in [-0.15, -0.1) is 0 Å². The summed E-state index contributed by atoms with van der Waals surface area (Å²) in [5.74, 6) is -0.0566. The highest BCUT2D eigenvalue weighted by Gasteiger charge is 2.18. The highest BCUT2D eigenvalue weighted by molar-refractivity contribution is 5.76. The van der Waals surface area contributed by atoms with Crippen LogP contribution in [-0.2, 0) is 4.79 Å². The van der Waals surface area contributed by atoms with E-state index < -0.39 is 12.1 Å². The van der Waals surface area contributed by atoms with E-state index in [-0.39, 0.29) is 12.5 Å². The van der Waals surface area contributed by atoms with Gasteiger partial charge in [0.2, 0.25) is 5.91 Å². The molecule has 4 heteroatoms. The van der Waals surface area contributed by atoms with Crippen molar-refractivity contribution in [3.63, 3.8) is 0 Å². The third-order valence-corrected chi connectivity index (χ3v) is 15.5. The van der Waals surface area contributed by atoms with Crippen molar-refractivity contribution in [2.45, 2.75) is 373 Å². The standard InChI is InChI=1S/C70H131NO3/c1-3-5-7-9-11-13-15-17-19-21-23-25-26-27-28-29-30-31-32-33-34-35-36-37-38-39-40-41-42-43-44-46-48-50-52-54-56-58-60-62-64-66-70(74)71-68(67-72)69(73)65-63-61-59-57-55-53-51-49-47-45-24-22-20-18-16-14-12-10-8-6-4-2/h5,7,11,13,17,19,23,25,63,65,68-69,72-73H,3-4,6,8-10,12,14-16,18,20-22,24,26-62,64,66-67H2,1-2H3,(H,71,74)/b7-5-,13-11-,19-17-,25-23-,65-63+. The van der Waals surface area contributed by atoms with Gasteiger partial charge in [0.05, 0.1) is 18.8 Å². The Morgan fingerprint density at radius 2 is 0.595 bits per heavy atom. The Kier molecular flexibility index (Phi) is 63.7. The Labute approximate surface area is 464 Å². The lowest BCUT2D eigenvalue weighted by Gasteiger charge is -2.20. The number of rotatable bonds is 62. The Bertz CT molecular complexity index is 1220. The molecule has 0 bridgehead atoms. The molecule has 0 aromatic heterocycles. The molecule has 0 aliphatic heterocycles. The van der Waals surface area contributed by atoms with Crippen LogP contribution in [0.4, 0.5) is 0 Å². The molecular weight excluding hydrogens is 903 g/mol. The molecule has 0 aliphatic carbocycles. The molecular formula is C70H131NO3. The molecule has 74 heavy (non-hydrogen) atoms. The third-order valence-electron chi connectivity index (χ3n) is 15.5. The molecule has 0 heterocycles. The van der Waals surface area contributed by atoms with Gasteiger partial charge in [0.15, 0.2) is 0 Å². The largest absolute Gasteiger partial charge is 0.394 e. The second-order valence-corrected chi connectivity index (χ2v) is 22.9. The van der Waals surface area contributed by atoms with Gasteiger partial charge in [-0.05, 0) is 57.8 Å². The van der Waals surface area contributed by atoms with Gasteiger partial charge in [0, 0.05) is 6.42 Å². The number of carbonyl (C=O) groups excluding carboxylic acids is 1. The van der Waals surface area contributed by atoms with Crippen molar-refractivity contribution in [3.05, 3.63) is 60.8 Å². The summed E-state index contributed by atoms with van der Waals surface area (Å²) in [7, 11) is 0. The maximum atomic E-state index is 12.5. The average molecular weight is 1030 g/mol. The highest BCUT2D eigenvalue weighted by atomic mass is 16.3. The first-order valence-electron chi connectivity index (χ1n) is 33.5. The van der Waals surface area contributed by atoms with Crippen LogP contribution in [0.1, 0.15) is 361 Å². The van der Waals surface area contributed by atoms with Crippen LogP contribution in [-0.4, -0.2) is 34.9 Å². The van der Waals surface area contributed by atoms with Gasteiger partial charge in [-0.3, -0.25) is 4.79 Å². The highest BCUT2D eigenvalue weighted by Crippen LogP contribution is 2.19. The van der Waals surface area contributed by atoms with Crippen molar-refractivity contribution in [1.82, 2.24) is 5.32 Å². The first-order valence-corrected chi connectivity index (χ1v) is 33.5. The van der Waals surface area contributed by atoms with Gasteiger partial charge in [-0.2, -0.15) is 0 Å². The summed E-state index contributed by atoms with van der Waals surface area (Å²) in [6, 6.07) is -0.622. The van der Waals surface area contributed by atoms with Crippen LogP contribution in [0.5, 0.6) is 0 Å². The van der Waals surface area contributed by atoms with Crippen molar-refractivity contribution in [2.24, 2.45) is 0 Å². The van der Waals surface area contributed by atoms with Gasteiger partial charge in [-0.25, -0.2) is 0 Å². The molecule has 4 nitrogen and oxygen atoms in total. The molecule has 0 fully saturated rings. The van der Waals surface area contributed by atoms with E-state index in [0.717, 1.165) is 51.4 Å². The number of unbranched alkanes of at least 4 members (excludes halogenated alkanes) is 47. The maximum absolute atomic E-state index is 12.5. The molecule has 2 atom stereocenters. The maximum Gasteiger partial charge on any atom is 0.220 e. The van der Waals surface area contributed by atoms with E-state index in [0.29, 0.717) is 6.42 Å². The quantitative estimate of drug-likeness (QED) is 0.0420. The first kappa shape index (κ1) is 72.1. The zero-order chi connectivity index (χ0) is 53.4. The van der Waals surface area contributed by atoms with Crippen LogP contribution in [0.25, 0.3) is 0 Å². The second kappa shape index (κ2) is 65.4. The molecule has 0 aromatic carbocycles. The number of aliphatic hydroxyl groups is 2. The lowest BCUT2D eigenvalue weighted by Crippen LogP contribution is -2.45. The van der Waals surface area contributed by atoms with E-state index in [1.165, 1.54) is 289 Å². The number of hydrogen-bond acceptors (Lipinski definition) is 3. The van der Waals surface area contributed by atoms with E-state index in [1.807, 2.05) is 6.08 Å². The molecule has 0 aliphatic rings. The molecule has 2 unspecified atom stereocenters. The van der Waals surface area contributed by atoms with Gasteiger partial charge < -0.3 is 15.5 Å². The van der Waals surface area contributed by atoms with E-state index in [9.17, 15) is 15.0 Å². The van der Waals surface area contributed by atoms with Crippen molar-refractivity contribution in [3.8, 4) is 0 Å². The Morgan fingerprint density at radius 1 is 0.338 bits per heavy atom. The predicted octanol–water partition coefficient (Wildman–Crippen LogP) is 22.7. The summed E-state index contributed by atoms with van der Waals surface area (Å²) in [4.78, 5) is 12.5. The minimum absolute atomic E-state index is 0.0566. The molecule has 0 rings (SSSR count). The number of amides is 1. The van der Waals surface area contributed by atoms with Crippen molar-refractivity contribution in [2.75, 3.05) is 6.61 Å². The molecule has 0 saturated heterocycles. The predicted molar refractivity (Wildman–Crippen MR) is 331 cm³/mol. The summed E-state index contributed by atoms with van der Waals surface area (Å²) in [6.45, 7) is 4.23. The number of hydrogen-bond donors (Lipinski definition) is 3. The average Bonchev–Trinajstić information content (AvgIpc) is 3.40. The fourth-order valence-corrected chi connectivity index (χ4v) is 10.5. The second-order valence-electron chi connectivity index (χ2n) is 22.9. The summed E-state index contributed by atoms with van der Waals surface area (Å²) in [6.07, 6.45) is 93.0. The van der Waals surface area contributed by atoms with E-state index in [4.69, 9.17) is 0 Å². The van der Waals surface area contributed by atoms with E-state index in [2.05, 4.69) is 67.8 Å². The first-order chi connectivity index (χ1) is 36.7. The van der Waals surface area contributed by atoms with Crippen LogP contribution >= 0.6 is 0 Å². The summed E-state index contributed by atoms with van der Waals surface area (Å²) in [5.41, 5.74) is 0. The zero-order valence-electron chi connectivity index (χ0n) is 50.1. The van der Waals surface area contributed by atoms with Crippen molar-refractivity contribution >= 4 is 5.91 Å². The lowest BCUT2D eigenvalue weighted by atomic mass is 10.0. The minimum atomic E-state index is -0.839. The van der Waals surface area contributed by atoms with Crippen LogP contribution < -0.4 is 5.32 Å². The summed E-state index contributed by atoms with van der Waals surface area (Å²) < 4.78 is 0. The number of allylic oxidation sites excluding steroid dienone is 9. The Balaban J connectivity index is 3.39. The fraction of sp³-hybridized carbons (Fsp3) is 0.843. The topological polar surface area (TPSA) is 69.6 Å². The zero-order valence-corrected chi connectivity index (χ0v) is 50.1. The molecule has 0 radical (unpaired) electrons. The Hall–Kier alpha value is -1.91. The van der Waals surface area contributed by atoms with Crippen LogP contribution in [0.15, 0.2) is 60.8 Å². The monoisotopic (exact) mass is 1030 g/mol. The SMILES string of the molecule is CC/C=C\C/C=C\C/C=C\C/C=C\CCCCCCCCCCCCCCCCCCCCCCCCCCCCCCC(=O)NC(CO)C(O)/C=C/CCCCCCCCCCCCCCCCCCCCC. The van der Waals surface area contributed by atoms with Gasteiger partial charge in [-0.1, -0.05) is 357 Å². The van der Waals surface area contributed by atoms with Crippen LogP contribution in [0.3, 0.4) is 0 Å². The molecule has 434 valence electrons. The molecule has 0 saturated carbocycles. The molecule has 1 amide bonds. The van der Waals surface area contributed by atoms with Crippen molar-refractivity contribution < 1.29 is 15.0 Å². The van der Waals surface area contributed by atoms with E-state index >= 15 is 0 Å². The minimum Gasteiger partial charge on any atom is -0.394 e. The summed E-state index contributed by atoms with van der Waals surface area (Å²) in [5, 5.41) is 23.2. The summed E-state index contributed by atoms with van der Waals surface area (Å²) >= 11 is 0. The van der Waals surface area contributed by atoms with Crippen LogP contribution in [0, 0.1) is 0 Å². The van der Waals surface area contributed by atoms with Crippen LogP contribution in [0.2, 0.25) is 0 Å².